The number of likely N-dealkylation sites (N-methyl/N-ethyl adjacent to an activating group) is 1. The number of hydrogen-bond acceptors (Lipinski definition) is 6. The van der Waals surface area contributed by atoms with Crippen LogP contribution in [0.25, 0.3) is 0 Å². The SMILES string of the molecule is C/C(OC(=O)C(c1cccs1)c1cccs1)=C(\C(C)N)N(C)C. The van der Waals surface area contributed by atoms with Gasteiger partial charge in [0.2, 0.25) is 0 Å². The van der Waals surface area contributed by atoms with Crippen LogP contribution in [0.3, 0.4) is 0 Å². The number of nitrogens with zero attached hydrogens (tertiary/aromatic N) is 1. The molecule has 0 aliphatic heterocycles. The quantitative estimate of drug-likeness (QED) is 0.638. The summed E-state index contributed by atoms with van der Waals surface area (Å²) in [7, 11) is 3.79. The lowest BCUT2D eigenvalue weighted by Gasteiger charge is -2.23. The summed E-state index contributed by atoms with van der Waals surface area (Å²) in [6.45, 7) is 3.67. The average Bonchev–Trinajstić information content (AvgIpc) is 3.11. The number of nitrogens with two attached hydrogens (primary N) is 1. The second-order valence-corrected chi connectivity index (χ2v) is 7.47. The number of allylic oxidation sites excluding steroid dienone is 1. The minimum atomic E-state index is -0.388. The van der Waals surface area contributed by atoms with E-state index in [0.29, 0.717) is 5.76 Å². The zero-order valence-electron chi connectivity index (χ0n) is 13.8. The van der Waals surface area contributed by atoms with Gasteiger partial charge in [0.15, 0.2) is 0 Å². The zero-order chi connectivity index (χ0) is 17.0. The van der Waals surface area contributed by atoms with E-state index in [9.17, 15) is 4.79 Å². The Bertz CT molecular complexity index is 615. The first-order chi connectivity index (χ1) is 10.9. The fourth-order valence-electron chi connectivity index (χ4n) is 2.59. The molecule has 2 N–H and O–H groups in total. The van der Waals surface area contributed by atoms with Gasteiger partial charge in [0.05, 0.1) is 5.70 Å². The second-order valence-electron chi connectivity index (χ2n) is 5.51. The van der Waals surface area contributed by atoms with Gasteiger partial charge in [-0.15, -0.1) is 22.7 Å². The molecule has 0 bridgehead atoms. The van der Waals surface area contributed by atoms with Crippen LogP contribution < -0.4 is 5.73 Å². The third-order valence-electron chi connectivity index (χ3n) is 3.42. The van der Waals surface area contributed by atoms with Gasteiger partial charge in [-0.2, -0.15) is 0 Å². The van der Waals surface area contributed by atoms with Crippen molar-refractivity contribution in [3.05, 3.63) is 56.2 Å². The summed E-state index contributed by atoms with van der Waals surface area (Å²) in [6.07, 6.45) is 0. The molecule has 0 fully saturated rings. The Hall–Kier alpha value is -1.63. The van der Waals surface area contributed by atoms with Crippen LogP contribution in [-0.4, -0.2) is 31.0 Å². The molecule has 2 aromatic heterocycles. The van der Waals surface area contributed by atoms with Crippen LogP contribution in [0.4, 0.5) is 0 Å². The lowest BCUT2D eigenvalue weighted by atomic mass is 10.1. The Morgan fingerprint density at radius 1 is 1.17 bits per heavy atom. The Balaban J connectivity index is 2.31. The topological polar surface area (TPSA) is 55.6 Å². The summed E-state index contributed by atoms with van der Waals surface area (Å²) in [5, 5.41) is 3.94. The molecule has 6 heteroatoms. The van der Waals surface area contributed by atoms with Crippen LogP contribution in [0, 0.1) is 0 Å². The van der Waals surface area contributed by atoms with E-state index in [2.05, 4.69) is 0 Å². The number of esters is 1. The van der Waals surface area contributed by atoms with Crippen LogP contribution in [0.15, 0.2) is 46.5 Å². The van der Waals surface area contributed by atoms with Crippen molar-refractivity contribution in [2.45, 2.75) is 25.8 Å². The summed E-state index contributed by atoms with van der Waals surface area (Å²) in [4.78, 5) is 16.7. The molecule has 2 aromatic rings. The lowest BCUT2D eigenvalue weighted by molar-refractivity contribution is -0.140. The van der Waals surface area contributed by atoms with Crippen LogP contribution in [0.1, 0.15) is 29.5 Å². The fraction of sp³-hybridized carbons (Fsp3) is 0.353. The van der Waals surface area contributed by atoms with Gasteiger partial charge >= 0.3 is 5.97 Å². The van der Waals surface area contributed by atoms with Crippen LogP contribution in [0.5, 0.6) is 0 Å². The lowest BCUT2D eigenvalue weighted by Crippen LogP contribution is -2.30. The minimum absolute atomic E-state index is 0.209. The Morgan fingerprint density at radius 2 is 1.70 bits per heavy atom. The van der Waals surface area contributed by atoms with Crippen molar-refractivity contribution < 1.29 is 9.53 Å². The van der Waals surface area contributed by atoms with E-state index < -0.39 is 0 Å². The predicted octanol–water partition coefficient (Wildman–Crippen LogP) is 3.63. The molecular formula is C17H22N2O2S2. The first-order valence-electron chi connectivity index (χ1n) is 7.34. The molecule has 0 saturated heterocycles. The average molecular weight is 351 g/mol. The molecule has 0 aliphatic carbocycles. The predicted molar refractivity (Wildman–Crippen MR) is 96.6 cm³/mol. The Morgan fingerprint density at radius 3 is 2.04 bits per heavy atom. The van der Waals surface area contributed by atoms with E-state index in [1.165, 1.54) is 0 Å². The molecule has 0 saturated carbocycles. The standard InChI is InChI=1S/C17H22N2O2S2/c1-11(18)16(19(3)4)12(2)21-17(20)15(13-7-5-9-22-13)14-8-6-10-23-14/h5-11,15H,18H2,1-4H3/b16-12-. The van der Waals surface area contributed by atoms with Gasteiger partial charge in [-0.05, 0) is 36.7 Å². The van der Waals surface area contributed by atoms with Gasteiger partial charge in [0.1, 0.15) is 11.7 Å². The number of carbonyl (C=O) groups is 1. The molecule has 23 heavy (non-hydrogen) atoms. The van der Waals surface area contributed by atoms with Crippen molar-refractivity contribution in [3.63, 3.8) is 0 Å². The highest BCUT2D eigenvalue weighted by molar-refractivity contribution is 7.11. The fourth-order valence-corrected chi connectivity index (χ4v) is 4.32. The van der Waals surface area contributed by atoms with Crippen molar-refractivity contribution in [1.29, 1.82) is 0 Å². The number of ether oxygens (including phenoxy) is 1. The van der Waals surface area contributed by atoms with Crippen LogP contribution in [0.2, 0.25) is 0 Å². The van der Waals surface area contributed by atoms with E-state index in [-0.39, 0.29) is 17.9 Å². The van der Waals surface area contributed by atoms with Gasteiger partial charge < -0.3 is 15.4 Å². The normalized spacial score (nSPS) is 13.7. The summed E-state index contributed by atoms with van der Waals surface area (Å²) in [5.41, 5.74) is 6.81. The maximum absolute atomic E-state index is 12.8. The van der Waals surface area contributed by atoms with Gasteiger partial charge in [-0.25, -0.2) is 0 Å². The Labute approximate surface area is 145 Å². The second kappa shape index (κ2) is 7.77. The van der Waals surface area contributed by atoms with Crippen molar-refractivity contribution >= 4 is 28.6 Å². The number of carbonyl (C=O) groups excluding carboxylic acids is 1. The highest BCUT2D eigenvalue weighted by Crippen LogP contribution is 2.33. The van der Waals surface area contributed by atoms with E-state index in [1.54, 1.807) is 29.6 Å². The number of hydrogen-bond donors (Lipinski definition) is 1. The molecule has 4 nitrogen and oxygen atoms in total. The molecule has 0 aromatic carbocycles. The van der Waals surface area contributed by atoms with Gasteiger partial charge in [0.25, 0.3) is 0 Å². The molecule has 0 spiro atoms. The molecule has 2 rings (SSSR count). The van der Waals surface area contributed by atoms with E-state index >= 15 is 0 Å². The molecule has 124 valence electrons. The van der Waals surface area contributed by atoms with Gasteiger partial charge in [-0.1, -0.05) is 12.1 Å². The van der Waals surface area contributed by atoms with Gasteiger partial charge in [-0.3, -0.25) is 4.79 Å². The van der Waals surface area contributed by atoms with Crippen LogP contribution in [-0.2, 0) is 9.53 Å². The number of rotatable bonds is 6. The highest BCUT2D eigenvalue weighted by Gasteiger charge is 2.27. The Kier molecular flexibility index (Phi) is 5.98. The summed E-state index contributed by atoms with van der Waals surface area (Å²) in [6, 6.07) is 7.62. The molecule has 2 heterocycles. The monoisotopic (exact) mass is 350 g/mol. The van der Waals surface area contributed by atoms with E-state index in [0.717, 1.165) is 15.5 Å². The summed E-state index contributed by atoms with van der Waals surface area (Å²) in [5.74, 6) is -0.109. The summed E-state index contributed by atoms with van der Waals surface area (Å²) >= 11 is 3.12. The van der Waals surface area contributed by atoms with Gasteiger partial charge in [0, 0.05) is 29.9 Å². The smallest absolute Gasteiger partial charge is 0.324 e. The molecule has 0 radical (unpaired) electrons. The first kappa shape index (κ1) is 17.7. The molecule has 0 aliphatic rings. The molecule has 1 atom stereocenters. The molecule has 0 amide bonds. The van der Waals surface area contributed by atoms with Crippen LogP contribution >= 0.6 is 22.7 Å². The highest BCUT2D eigenvalue weighted by atomic mass is 32.1. The van der Waals surface area contributed by atoms with Crippen molar-refractivity contribution in [2.75, 3.05) is 14.1 Å². The van der Waals surface area contributed by atoms with Crippen molar-refractivity contribution in [2.24, 2.45) is 5.73 Å². The minimum Gasteiger partial charge on any atom is -0.429 e. The van der Waals surface area contributed by atoms with E-state index in [4.69, 9.17) is 10.5 Å². The maximum atomic E-state index is 12.8. The maximum Gasteiger partial charge on any atom is 0.324 e. The third kappa shape index (κ3) is 4.22. The first-order valence-corrected chi connectivity index (χ1v) is 9.10. The number of thiophene rings is 2. The molecular weight excluding hydrogens is 328 g/mol. The largest absolute Gasteiger partial charge is 0.429 e. The zero-order valence-corrected chi connectivity index (χ0v) is 15.4. The molecule has 1 unspecified atom stereocenters. The van der Waals surface area contributed by atoms with Crippen molar-refractivity contribution in [3.8, 4) is 0 Å². The third-order valence-corrected chi connectivity index (χ3v) is 5.29. The van der Waals surface area contributed by atoms with Crippen molar-refractivity contribution in [1.82, 2.24) is 4.90 Å². The van der Waals surface area contributed by atoms with E-state index in [1.807, 2.05) is 60.9 Å². The summed E-state index contributed by atoms with van der Waals surface area (Å²) < 4.78 is 5.68.